The van der Waals surface area contributed by atoms with Crippen LogP contribution in [0, 0.1) is 0 Å². The van der Waals surface area contributed by atoms with Gasteiger partial charge in [-0.05, 0) is 36.4 Å². The first kappa shape index (κ1) is 16.9. The highest BCUT2D eigenvalue weighted by molar-refractivity contribution is 8.26. The Morgan fingerprint density at radius 1 is 1.45 bits per heavy atom. The number of hydrogen-bond donors (Lipinski definition) is 1. The SMILES string of the molecule is CCOC(=O)CCC(/C=C/c1cccs1)=C1\SC(=S)NC1=O. The number of hydrogen-bond acceptors (Lipinski definition) is 6. The van der Waals surface area contributed by atoms with E-state index in [4.69, 9.17) is 17.0 Å². The Balaban J connectivity index is 2.17. The summed E-state index contributed by atoms with van der Waals surface area (Å²) in [4.78, 5) is 25.1. The molecule has 1 aromatic rings. The number of thiophene rings is 1. The van der Waals surface area contributed by atoms with Crippen molar-refractivity contribution in [3.63, 3.8) is 0 Å². The van der Waals surface area contributed by atoms with E-state index in [2.05, 4.69) is 5.32 Å². The Morgan fingerprint density at radius 2 is 2.27 bits per heavy atom. The van der Waals surface area contributed by atoms with E-state index >= 15 is 0 Å². The first-order valence-electron chi connectivity index (χ1n) is 6.73. The van der Waals surface area contributed by atoms with Gasteiger partial charge < -0.3 is 10.1 Å². The lowest BCUT2D eigenvalue weighted by atomic mass is 10.1. The molecule has 7 heteroatoms. The van der Waals surface area contributed by atoms with Crippen molar-refractivity contribution in [3.8, 4) is 0 Å². The van der Waals surface area contributed by atoms with Crippen LogP contribution < -0.4 is 5.32 Å². The van der Waals surface area contributed by atoms with Gasteiger partial charge in [-0.3, -0.25) is 9.59 Å². The Labute approximate surface area is 142 Å². The number of ether oxygens (including phenoxy) is 1. The number of carbonyl (C=O) groups is 2. The molecule has 2 heterocycles. The molecule has 1 fully saturated rings. The Morgan fingerprint density at radius 3 is 2.86 bits per heavy atom. The highest BCUT2D eigenvalue weighted by atomic mass is 32.2. The number of allylic oxidation sites excluding steroid dienone is 2. The van der Waals surface area contributed by atoms with Gasteiger partial charge in [0.15, 0.2) is 0 Å². The van der Waals surface area contributed by atoms with E-state index in [-0.39, 0.29) is 18.3 Å². The largest absolute Gasteiger partial charge is 0.466 e. The molecule has 1 aliphatic heterocycles. The molecule has 0 aromatic carbocycles. The van der Waals surface area contributed by atoms with Gasteiger partial charge in [0.1, 0.15) is 4.32 Å². The third kappa shape index (κ3) is 4.79. The molecule has 1 aromatic heterocycles. The van der Waals surface area contributed by atoms with Gasteiger partial charge in [-0.25, -0.2) is 0 Å². The predicted molar refractivity (Wildman–Crippen MR) is 94.6 cm³/mol. The summed E-state index contributed by atoms with van der Waals surface area (Å²) in [7, 11) is 0. The highest BCUT2D eigenvalue weighted by Gasteiger charge is 2.25. The Bertz CT molecular complexity index is 632. The number of nitrogens with one attached hydrogen (secondary N) is 1. The van der Waals surface area contributed by atoms with E-state index in [9.17, 15) is 9.59 Å². The van der Waals surface area contributed by atoms with E-state index in [0.29, 0.717) is 22.3 Å². The lowest BCUT2D eigenvalue weighted by molar-refractivity contribution is -0.143. The summed E-state index contributed by atoms with van der Waals surface area (Å²) in [6.45, 7) is 2.13. The molecular weight excluding hydrogens is 338 g/mol. The maximum Gasteiger partial charge on any atom is 0.306 e. The highest BCUT2D eigenvalue weighted by Crippen LogP contribution is 2.30. The number of thioether (sulfide) groups is 1. The second kappa shape index (κ2) is 8.26. The van der Waals surface area contributed by atoms with Crippen molar-refractivity contribution in [2.24, 2.45) is 0 Å². The van der Waals surface area contributed by atoms with E-state index in [0.717, 1.165) is 10.5 Å². The van der Waals surface area contributed by atoms with Crippen molar-refractivity contribution < 1.29 is 14.3 Å². The monoisotopic (exact) mass is 353 g/mol. The lowest BCUT2D eigenvalue weighted by Crippen LogP contribution is -2.18. The first-order valence-corrected chi connectivity index (χ1v) is 8.84. The second-order valence-electron chi connectivity index (χ2n) is 4.35. The van der Waals surface area contributed by atoms with Gasteiger partial charge in [-0.15, -0.1) is 11.3 Å². The van der Waals surface area contributed by atoms with E-state index < -0.39 is 0 Å². The molecule has 0 unspecified atom stereocenters. The third-order valence-electron chi connectivity index (χ3n) is 2.80. The van der Waals surface area contributed by atoms with Gasteiger partial charge in [0.05, 0.1) is 11.5 Å². The lowest BCUT2D eigenvalue weighted by Gasteiger charge is -2.05. The maximum atomic E-state index is 11.9. The topological polar surface area (TPSA) is 55.4 Å². The zero-order valence-electron chi connectivity index (χ0n) is 12.0. The zero-order chi connectivity index (χ0) is 15.9. The second-order valence-corrected chi connectivity index (χ2v) is 7.02. The summed E-state index contributed by atoms with van der Waals surface area (Å²) in [5.41, 5.74) is 0.795. The van der Waals surface area contributed by atoms with Crippen molar-refractivity contribution >= 4 is 57.6 Å². The van der Waals surface area contributed by atoms with Gasteiger partial charge in [-0.1, -0.05) is 36.1 Å². The van der Waals surface area contributed by atoms with Gasteiger partial charge in [0.2, 0.25) is 0 Å². The molecule has 1 aliphatic rings. The number of amides is 1. The molecule has 1 saturated heterocycles. The summed E-state index contributed by atoms with van der Waals surface area (Å²) in [5.74, 6) is -0.471. The molecule has 4 nitrogen and oxygen atoms in total. The van der Waals surface area contributed by atoms with Crippen molar-refractivity contribution in [1.29, 1.82) is 0 Å². The molecule has 0 atom stereocenters. The Kier molecular flexibility index (Phi) is 6.35. The number of rotatable bonds is 6. The standard InChI is InChI=1S/C15H15NO3S3/c1-2-19-12(17)8-6-10(5-7-11-4-3-9-21-11)13-14(18)16-15(20)22-13/h3-5,7,9H,2,6,8H2,1H3,(H,16,18,20)/b7-5+,13-10-. The summed E-state index contributed by atoms with van der Waals surface area (Å²) in [6, 6.07) is 3.95. The first-order chi connectivity index (χ1) is 10.6. The number of thiocarbonyl (C=S) groups is 1. The van der Waals surface area contributed by atoms with Gasteiger partial charge in [0, 0.05) is 11.3 Å². The fourth-order valence-electron chi connectivity index (χ4n) is 1.84. The van der Waals surface area contributed by atoms with Crippen molar-refractivity contribution in [2.75, 3.05) is 6.61 Å². The molecule has 0 saturated carbocycles. The van der Waals surface area contributed by atoms with Crippen LogP contribution in [-0.2, 0) is 14.3 Å². The Hall–Kier alpha value is -1.44. The van der Waals surface area contributed by atoms with Crippen LogP contribution in [0.4, 0.5) is 0 Å². The van der Waals surface area contributed by atoms with Crippen LogP contribution in [0.1, 0.15) is 24.6 Å². The predicted octanol–water partition coefficient (Wildman–Crippen LogP) is 3.51. The maximum absolute atomic E-state index is 11.9. The van der Waals surface area contributed by atoms with E-state index in [1.165, 1.54) is 11.8 Å². The molecule has 0 bridgehead atoms. The summed E-state index contributed by atoms with van der Waals surface area (Å²) in [5, 5.41) is 4.59. The van der Waals surface area contributed by atoms with Crippen molar-refractivity contribution in [3.05, 3.63) is 38.9 Å². The van der Waals surface area contributed by atoms with Crippen LogP contribution in [0.3, 0.4) is 0 Å². The van der Waals surface area contributed by atoms with Gasteiger partial charge in [-0.2, -0.15) is 0 Å². The van der Waals surface area contributed by atoms with Crippen LogP contribution in [0.5, 0.6) is 0 Å². The fourth-order valence-corrected chi connectivity index (χ4v) is 3.57. The molecule has 0 aliphatic carbocycles. The van der Waals surface area contributed by atoms with Crippen molar-refractivity contribution in [1.82, 2.24) is 5.32 Å². The molecule has 1 amide bonds. The quantitative estimate of drug-likeness (QED) is 0.482. The minimum Gasteiger partial charge on any atom is -0.466 e. The fraction of sp³-hybridized carbons (Fsp3) is 0.267. The average molecular weight is 353 g/mol. The molecule has 2 rings (SSSR count). The van der Waals surface area contributed by atoms with Crippen LogP contribution in [-0.4, -0.2) is 22.8 Å². The summed E-state index contributed by atoms with van der Waals surface area (Å²) < 4.78 is 5.38. The molecule has 1 N–H and O–H groups in total. The molecule has 116 valence electrons. The van der Waals surface area contributed by atoms with Gasteiger partial charge in [0.25, 0.3) is 5.91 Å². The van der Waals surface area contributed by atoms with Gasteiger partial charge >= 0.3 is 5.97 Å². The smallest absolute Gasteiger partial charge is 0.306 e. The van der Waals surface area contributed by atoms with Crippen LogP contribution in [0.15, 0.2) is 34.1 Å². The van der Waals surface area contributed by atoms with Crippen LogP contribution in [0.2, 0.25) is 0 Å². The normalized spacial score (nSPS) is 17.0. The van der Waals surface area contributed by atoms with Crippen molar-refractivity contribution in [2.45, 2.75) is 19.8 Å². The number of esters is 1. The summed E-state index contributed by atoms with van der Waals surface area (Å²) in [6.07, 6.45) is 4.50. The third-order valence-corrected chi connectivity index (χ3v) is 4.93. The van der Waals surface area contributed by atoms with E-state index in [1.54, 1.807) is 18.3 Å². The minimum absolute atomic E-state index is 0.204. The molecule has 0 spiro atoms. The molecule has 0 radical (unpaired) electrons. The van der Waals surface area contributed by atoms with Crippen LogP contribution >= 0.6 is 35.3 Å². The van der Waals surface area contributed by atoms with Crippen LogP contribution in [0.25, 0.3) is 6.08 Å². The summed E-state index contributed by atoms with van der Waals surface area (Å²) >= 11 is 7.86. The zero-order valence-corrected chi connectivity index (χ0v) is 14.4. The molecular formula is C15H15NO3S3. The average Bonchev–Trinajstić information content (AvgIpc) is 3.09. The van der Waals surface area contributed by atoms with E-state index in [1.807, 2.05) is 29.7 Å². The minimum atomic E-state index is -0.267. The molecule has 22 heavy (non-hydrogen) atoms. The number of carbonyl (C=O) groups excluding carboxylic acids is 2.